The van der Waals surface area contributed by atoms with Crippen LogP contribution in [-0.2, 0) is 16.0 Å². The number of aryl methyl sites for hydroxylation is 1. The first-order chi connectivity index (χ1) is 12.4. The van der Waals surface area contributed by atoms with Gasteiger partial charge in [0.2, 0.25) is 5.91 Å². The van der Waals surface area contributed by atoms with E-state index < -0.39 is 0 Å². The van der Waals surface area contributed by atoms with Crippen molar-refractivity contribution in [3.63, 3.8) is 0 Å². The quantitative estimate of drug-likeness (QED) is 0.863. The summed E-state index contributed by atoms with van der Waals surface area (Å²) in [5, 5.41) is 7.07. The number of rotatable bonds is 4. The highest BCUT2D eigenvalue weighted by Gasteiger charge is 2.34. The molecule has 26 heavy (non-hydrogen) atoms. The number of carbonyl (C=O) groups excluding carboxylic acids is 2. The SMILES string of the molecule is Cc1cc(C[C@H]2COC[C@H]2NC(=O)C2CCN(C(=O)N(C)C)CC2)on1. The standard InChI is InChI=1S/C18H28N4O4/c1-12-8-15(26-20-12)9-14-10-25-11-16(14)19-17(23)13-4-6-22(7-5-13)18(24)21(2)3/h8,13-14,16H,4-7,9-11H2,1-3H3,(H,19,23)/t14-,16+/m0/s1. The van der Waals surface area contributed by atoms with Crippen molar-refractivity contribution >= 4 is 11.9 Å². The van der Waals surface area contributed by atoms with Crippen molar-refractivity contribution in [3.8, 4) is 0 Å². The van der Waals surface area contributed by atoms with E-state index in [1.807, 2.05) is 13.0 Å². The molecule has 2 aliphatic rings. The van der Waals surface area contributed by atoms with Crippen LogP contribution in [0.1, 0.15) is 24.3 Å². The lowest BCUT2D eigenvalue weighted by atomic mass is 9.93. The molecule has 1 aromatic heterocycles. The van der Waals surface area contributed by atoms with Crippen LogP contribution in [0.3, 0.4) is 0 Å². The molecule has 1 aromatic rings. The van der Waals surface area contributed by atoms with Gasteiger partial charge >= 0.3 is 6.03 Å². The van der Waals surface area contributed by atoms with Crippen LogP contribution in [0.15, 0.2) is 10.6 Å². The van der Waals surface area contributed by atoms with Gasteiger partial charge in [-0.1, -0.05) is 5.16 Å². The Balaban J connectivity index is 1.49. The molecule has 0 spiro atoms. The average molecular weight is 364 g/mol. The maximum absolute atomic E-state index is 12.7. The Bertz CT molecular complexity index is 637. The lowest BCUT2D eigenvalue weighted by Crippen LogP contribution is -2.49. The number of piperidine rings is 1. The third-order valence-corrected chi connectivity index (χ3v) is 5.19. The first-order valence-corrected chi connectivity index (χ1v) is 9.20. The largest absolute Gasteiger partial charge is 0.379 e. The number of ether oxygens (including phenoxy) is 1. The van der Waals surface area contributed by atoms with E-state index in [1.165, 1.54) is 0 Å². The molecule has 0 radical (unpaired) electrons. The van der Waals surface area contributed by atoms with Gasteiger partial charge in [-0.05, 0) is 19.8 Å². The number of aromatic nitrogens is 1. The van der Waals surface area contributed by atoms with Crippen molar-refractivity contribution < 1.29 is 18.8 Å². The number of amides is 3. The monoisotopic (exact) mass is 364 g/mol. The van der Waals surface area contributed by atoms with Gasteiger partial charge in [0.15, 0.2) is 0 Å². The number of nitrogens with one attached hydrogen (secondary N) is 1. The fourth-order valence-corrected chi connectivity index (χ4v) is 3.65. The Kier molecular flexibility index (Phi) is 5.80. The zero-order chi connectivity index (χ0) is 18.7. The van der Waals surface area contributed by atoms with Crippen LogP contribution in [0, 0.1) is 18.8 Å². The van der Waals surface area contributed by atoms with E-state index in [0.717, 1.165) is 11.5 Å². The van der Waals surface area contributed by atoms with Gasteiger partial charge < -0.3 is 24.4 Å². The maximum atomic E-state index is 12.7. The van der Waals surface area contributed by atoms with E-state index in [0.29, 0.717) is 45.6 Å². The van der Waals surface area contributed by atoms with Gasteiger partial charge in [-0.25, -0.2) is 4.79 Å². The molecule has 2 atom stereocenters. The second kappa shape index (κ2) is 8.07. The summed E-state index contributed by atoms with van der Waals surface area (Å²) in [6.07, 6.45) is 2.11. The number of urea groups is 1. The summed E-state index contributed by atoms with van der Waals surface area (Å²) in [5.41, 5.74) is 0.860. The molecule has 0 aliphatic carbocycles. The van der Waals surface area contributed by atoms with Gasteiger partial charge in [-0.3, -0.25) is 4.79 Å². The molecule has 0 aromatic carbocycles. The Morgan fingerprint density at radius 1 is 1.31 bits per heavy atom. The fraction of sp³-hybridized carbons (Fsp3) is 0.722. The van der Waals surface area contributed by atoms with Gasteiger partial charge in [0.25, 0.3) is 0 Å². The summed E-state index contributed by atoms with van der Waals surface area (Å²) in [7, 11) is 3.49. The number of likely N-dealkylation sites (tertiary alicyclic amines) is 1. The molecule has 0 unspecified atom stereocenters. The first kappa shape index (κ1) is 18.7. The van der Waals surface area contributed by atoms with Crippen molar-refractivity contribution in [3.05, 3.63) is 17.5 Å². The summed E-state index contributed by atoms with van der Waals surface area (Å²) in [6.45, 7) is 4.28. The van der Waals surface area contributed by atoms with Crippen molar-refractivity contribution in [1.29, 1.82) is 0 Å². The van der Waals surface area contributed by atoms with Crippen LogP contribution in [0.2, 0.25) is 0 Å². The third-order valence-electron chi connectivity index (χ3n) is 5.19. The Morgan fingerprint density at radius 2 is 2.04 bits per heavy atom. The summed E-state index contributed by atoms with van der Waals surface area (Å²) in [4.78, 5) is 28.0. The predicted molar refractivity (Wildman–Crippen MR) is 94.6 cm³/mol. The van der Waals surface area contributed by atoms with Crippen LogP contribution in [0.4, 0.5) is 4.79 Å². The highest BCUT2D eigenvalue weighted by molar-refractivity contribution is 5.80. The molecule has 144 valence electrons. The second-order valence-electron chi connectivity index (χ2n) is 7.49. The topological polar surface area (TPSA) is 87.9 Å². The van der Waals surface area contributed by atoms with Gasteiger partial charge in [0.05, 0.1) is 24.9 Å². The lowest BCUT2D eigenvalue weighted by Gasteiger charge is -2.33. The summed E-state index contributed by atoms with van der Waals surface area (Å²) in [6, 6.07) is 1.93. The zero-order valence-corrected chi connectivity index (χ0v) is 15.7. The highest BCUT2D eigenvalue weighted by Crippen LogP contribution is 2.22. The smallest absolute Gasteiger partial charge is 0.319 e. The van der Waals surface area contributed by atoms with Crippen LogP contribution in [-0.4, -0.2) is 73.3 Å². The molecule has 1 N–H and O–H groups in total. The molecule has 0 bridgehead atoms. The van der Waals surface area contributed by atoms with E-state index in [4.69, 9.17) is 9.26 Å². The number of hydrogen-bond acceptors (Lipinski definition) is 5. The minimum absolute atomic E-state index is 0.00524. The second-order valence-corrected chi connectivity index (χ2v) is 7.49. The lowest BCUT2D eigenvalue weighted by molar-refractivity contribution is -0.127. The van der Waals surface area contributed by atoms with Crippen molar-refractivity contribution in [2.75, 3.05) is 40.4 Å². The molecule has 2 fully saturated rings. The molecular formula is C18H28N4O4. The van der Waals surface area contributed by atoms with Gasteiger partial charge in [0.1, 0.15) is 5.76 Å². The van der Waals surface area contributed by atoms with E-state index in [2.05, 4.69) is 10.5 Å². The first-order valence-electron chi connectivity index (χ1n) is 9.20. The normalized spacial score (nSPS) is 23.9. The summed E-state index contributed by atoms with van der Waals surface area (Å²) < 4.78 is 10.9. The maximum Gasteiger partial charge on any atom is 0.319 e. The van der Waals surface area contributed by atoms with Crippen molar-refractivity contribution in [1.82, 2.24) is 20.3 Å². The van der Waals surface area contributed by atoms with Gasteiger partial charge in [-0.2, -0.15) is 0 Å². The number of nitrogens with zero attached hydrogens (tertiary/aromatic N) is 3. The Labute approximate surface area is 153 Å². The van der Waals surface area contributed by atoms with Crippen molar-refractivity contribution in [2.24, 2.45) is 11.8 Å². The van der Waals surface area contributed by atoms with Crippen LogP contribution >= 0.6 is 0 Å². The molecule has 8 nitrogen and oxygen atoms in total. The van der Waals surface area contributed by atoms with E-state index >= 15 is 0 Å². The Morgan fingerprint density at radius 3 is 2.65 bits per heavy atom. The molecule has 3 rings (SSSR count). The van der Waals surface area contributed by atoms with Gasteiger partial charge in [0, 0.05) is 51.5 Å². The number of hydrogen-bond donors (Lipinski definition) is 1. The number of carbonyl (C=O) groups is 2. The highest BCUT2D eigenvalue weighted by atomic mass is 16.5. The third kappa shape index (κ3) is 4.35. The van der Waals surface area contributed by atoms with Crippen LogP contribution in [0.25, 0.3) is 0 Å². The fourth-order valence-electron chi connectivity index (χ4n) is 3.65. The molecule has 2 saturated heterocycles. The van der Waals surface area contributed by atoms with E-state index in [1.54, 1.807) is 23.9 Å². The van der Waals surface area contributed by atoms with Gasteiger partial charge in [-0.15, -0.1) is 0 Å². The molecule has 8 heteroatoms. The predicted octanol–water partition coefficient (Wildman–Crippen LogP) is 1.05. The minimum atomic E-state index is -0.0463. The summed E-state index contributed by atoms with van der Waals surface area (Å²) >= 11 is 0. The molecule has 3 amide bonds. The minimum Gasteiger partial charge on any atom is -0.379 e. The van der Waals surface area contributed by atoms with Crippen molar-refractivity contribution in [2.45, 2.75) is 32.2 Å². The molecule has 3 heterocycles. The van der Waals surface area contributed by atoms with E-state index in [9.17, 15) is 9.59 Å². The van der Waals surface area contributed by atoms with Crippen LogP contribution < -0.4 is 5.32 Å². The van der Waals surface area contributed by atoms with E-state index in [-0.39, 0.29) is 29.8 Å². The Hall–Kier alpha value is -2.09. The zero-order valence-electron chi connectivity index (χ0n) is 15.7. The van der Waals surface area contributed by atoms with Crippen LogP contribution in [0.5, 0.6) is 0 Å². The molecule has 2 aliphatic heterocycles. The molecule has 0 saturated carbocycles. The summed E-state index contributed by atoms with van der Waals surface area (Å²) in [5.74, 6) is 1.04. The molecular weight excluding hydrogens is 336 g/mol. The average Bonchev–Trinajstić information content (AvgIpc) is 3.23.